The van der Waals surface area contributed by atoms with E-state index in [1.165, 1.54) is 16.1 Å². The second-order valence-electron chi connectivity index (χ2n) is 6.08. The maximum absolute atomic E-state index is 8.76. The number of hydrogen-bond donors (Lipinski definition) is 1. The summed E-state index contributed by atoms with van der Waals surface area (Å²) in [4.78, 5) is 10.8. The third kappa shape index (κ3) is 4.65. The Balaban J connectivity index is 1.48. The highest BCUT2D eigenvalue weighted by molar-refractivity contribution is 7.10. The second-order valence-corrected chi connectivity index (χ2v) is 7.08. The zero-order valence-electron chi connectivity index (χ0n) is 14.0. The van der Waals surface area contributed by atoms with Crippen molar-refractivity contribution in [2.24, 2.45) is 0 Å². The van der Waals surface area contributed by atoms with Crippen molar-refractivity contribution >= 4 is 11.3 Å². The number of aliphatic hydroxyl groups excluding tert-OH is 1. The molecule has 3 heterocycles. The topological polar surface area (TPSA) is 39.6 Å². The van der Waals surface area contributed by atoms with E-state index in [9.17, 15) is 0 Å². The van der Waals surface area contributed by atoms with Crippen LogP contribution < -0.4 is 0 Å². The second kappa shape index (κ2) is 8.41. The number of aryl methyl sites for hydroxylation is 1. The Kier molecular flexibility index (Phi) is 6.00. The van der Waals surface area contributed by atoms with Gasteiger partial charge in [-0.2, -0.15) is 0 Å². The zero-order valence-corrected chi connectivity index (χ0v) is 14.9. The zero-order chi connectivity index (χ0) is 16.8. The smallest absolute Gasteiger partial charge is 0.104 e. The summed E-state index contributed by atoms with van der Waals surface area (Å²) in [5.74, 6) is 5.67. The fourth-order valence-electron chi connectivity index (χ4n) is 2.89. The van der Waals surface area contributed by atoms with Gasteiger partial charge in [0.2, 0.25) is 0 Å². The van der Waals surface area contributed by atoms with Crippen LogP contribution in [-0.4, -0.2) is 52.7 Å². The number of thiophene rings is 1. The molecule has 2 aromatic rings. The molecule has 0 aromatic carbocycles. The lowest BCUT2D eigenvalue weighted by Crippen LogP contribution is -2.45. The summed E-state index contributed by atoms with van der Waals surface area (Å²) in [5.41, 5.74) is 3.47. The van der Waals surface area contributed by atoms with E-state index in [1.807, 2.05) is 12.3 Å². The maximum atomic E-state index is 8.76. The minimum absolute atomic E-state index is 0.0805. The van der Waals surface area contributed by atoms with Gasteiger partial charge in [0, 0.05) is 61.3 Å². The Morgan fingerprint density at radius 2 is 1.96 bits per heavy atom. The van der Waals surface area contributed by atoms with Gasteiger partial charge >= 0.3 is 0 Å². The molecule has 2 aromatic heterocycles. The van der Waals surface area contributed by atoms with E-state index in [2.05, 4.69) is 51.1 Å². The van der Waals surface area contributed by atoms with E-state index in [-0.39, 0.29) is 6.61 Å². The van der Waals surface area contributed by atoms with E-state index in [4.69, 9.17) is 5.11 Å². The molecule has 1 fully saturated rings. The Morgan fingerprint density at radius 3 is 2.67 bits per heavy atom. The van der Waals surface area contributed by atoms with Crippen LogP contribution in [0, 0.1) is 18.8 Å². The van der Waals surface area contributed by atoms with Crippen LogP contribution in [0.5, 0.6) is 0 Å². The monoisotopic (exact) mass is 341 g/mol. The summed E-state index contributed by atoms with van der Waals surface area (Å²) < 4.78 is 0. The summed E-state index contributed by atoms with van der Waals surface area (Å²) in [6.07, 6.45) is 1.88. The van der Waals surface area contributed by atoms with E-state index < -0.39 is 0 Å². The van der Waals surface area contributed by atoms with Gasteiger partial charge < -0.3 is 5.11 Å². The molecule has 4 nitrogen and oxygen atoms in total. The lowest BCUT2D eigenvalue weighted by Gasteiger charge is -2.34. The molecule has 1 N–H and O–H groups in total. The minimum atomic E-state index is -0.0805. The number of pyridine rings is 1. The molecular weight excluding hydrogens is 318 g/mol. The van der Waals surface area contributed by atoms with Gasteiger partial charge in [0.05, 0.1) is 5.69 Å². The Bertz CT molecular complexity index is 723. The van der Waals surface area contributed by atoms with Crippen LogP contribution in [0.3, 0.4) is 0 Å². The highest BCUT2D eigenvalue weighted by Gasteiger charge is 2.18. The van der Waals surface area contributed by atoms with Crippen molar-refractivity contribution in [2.45, 2.75) is 20.0 Å². The Hall–Kier alpha value is -1.71. The van der Waals surface area contributed by atoms with Gasteiger partial charge in [-0.3, -0.25) is 14.8 Å². The standard InChI is InChI=1S/C19H23N3OS/c1-16-4-2-6-20-19(16)14-22-9-7-21(8-10-22)13-18-12-17(15-24-18)5-3-11-23/h2,4,6,12,15,23H,7-11,13-14H2,1H3. The van der Waals surface area contributed by atoms with E-state index >= 15 is 0 Å². The molecule has 0 spiro atoms. The first kappa shape index (κ1) is 17.1. The molecule has 0 amide bonds. The van der Waals surface area contributed by atoms with E-state index in [0.717, 1.165) is 44.8 Å². The van der Waals surface area contributed by atoms with Crippen LogP contribution in [0.4, 0.5) is 0 Å². The quantitative estimate of drug-likeness (QED) is 0.865. The first-order valence-corrected chi connectivity index (χ1v) is 9.15. The normalized spacial score (nSPS) is 15.9. The number of rotatable bonds is 4. The van der Waals surface area contributed by atoms with Crippen LogP contribution in [0.1, 0.15) is 21.7 Å². The number of aliphatic hydroxyl groups is 1. The lowest BCUT2D eigenvalue weighted by atomic mass is 10.2. The summed E-state index contributed by atoms with van der Waals surface area (Å²) in [5, 5.41) is 10.8. The lowest BCUT2D eigenvalue weighted by molar-refractivity contribution is 0.121. The van der Waals surface area contributed by atoms with Gasteiger partial charge in [-0.1, -0.05) is 17.9 Å². The van der Waals surface area contributed by atoms with Gasteiger partial charge in [0.15, 0.2) is 0 Å². The third-order valence-electron chi connectivity index (χ3n) is 4.30. The molecule has 1 aliphatic rings. The SMILES string of the molecule is Cc1cccnc1CN1CCN(Cc2cc(C#CCO)cs2)CC1. The fraction of sp³-hybridized carbons (Fsp3) is 0.421. The molecule has 0 radical (unpaired) electrons. The fourth-order valence-corrected chi connectivity index (χ4v) is 3.75. The molecule has 24 heavy (non-hydrogen) atoms. The summed E-state index contributed by atoms with van der Waals surface area (Å²) in [7, 11) is 0. The summed E-state index contributed by atoms with van der Waals surface area (Å²) in [6.45, 7) is 8.32. The molecule has 0 aliphatic carbocycles. The molecule has 126 valence electrons. The predicted molar refractivity (Wildman–Crippen MR) is 97.8 cm³/mol. The van der Waals surface area contributed by atoms with E-state index in [0.29, 0.717) is 0 Å². The molecule has 0 unspecified atom stereocenters. The van der Waals surface area contributed by atoms with Crippen LogP contribution in [0.15, 0.2) is 29.8 Å². The number of aromatic nitrogens is 1. The molecular formula is C19H23N3OS. The predicted octanol–water partition coefficient (Wildman–Crippen LogP) is 2.11. The van der Waals surface area contributed by atoms with Crippen LogP contribution in [-0.2, 0) is 13.1 Å². The minimum Gasteiger partial charge on any atom is -0.384 e. The molecule has 3 rings (SSSR count). The molecule has 0 atom stereocenters. The van der Waals surface area contributed by atoms with Crippen molar-refractivity contribution in [3.05, 3.63) is 51.5 Å². The van der Waals surface area contributed by atoms with Gasteiger partial charge in [0.25, 0.3) is 0 Å². The van der Waals surface area contributed by atoms with Crippen LogP contribution in [0.25, 0.3) is 0 Å². The number of piperazine rings is 1. The summed E-state index contributed by atoms with van der Waals surface area (Å²) >= 11 is 1.75. The van der Waals surface area contributed by atoms with Crippen molar-refractivity contribution in [3.63, 3.8) is 0 Å². The first-order chi connectivity index (χ1) is 11.7. The maximum Gasteiger partial charge on any atom is 0.104 e. The molecule has 1 aliphatic heterocycles. The highest BCUT2D eigenvalue weighted by atomic mass is 32.1. The van der Waals surface area contributed by atoms with Gasteiger partial charge in [-0.25, -0.2) is 0 Å². The van der Waals surface area contributed by atoms with Gasteiger partial charge in [-0.05, 0) is 24.6 Å². The molecule has 0 bridgehead atoms. The van der Waals surface area contributed by atoms with Crippen LogP contribution in [0.2, 0.25) is 0 Å². The highest BCUT2D eigenvalue weighted by Crippen LogP contribution is 2.18. The molecule has 5 heteroatoms. The Labute approximate surface area is 147 Å². The average molecular weight is 341 g/mol. The van der Waals surface area contributed by atoms with Crippen molar-refractivity contribution in [1.29, 1.82) is 0 Å². The molecule has 0 saturated carbocycles. The first-order valence-electron chi connectivity index (χ1n) is 8.27. The van der Waals surface area contributed by atoms with E-state index in [1.54, 1.807) is 11.3 Å². The largest absolute Gasteiger partial charge is 0.384 e. The van der Waals surface area contributed by atoms with Crippen molar-refractivity contribution in [2.75, 3.05) is 32.8 Å². The van der Waals surface area contributed by atoms with Crippen molar-refractivity contribution < 1.29 is 5.11 Å². The van der Waals surface area contributed by atoms with Gasteiger partial charge in [0.1, 0.15) is 6.61 Å². The van der Waals surface area contributed by atoms with Gasteiger partial charge in [-0.15, -0.1) is 11.3 Å². The molecule has 1 saturated heterocycles. The summed E-state index contributed by atoms with van der Waals surface area (Å²) in [6, 6.07) is 6.26. The Morgan fingerprint density at radius 1 is 1.21 bits per heavy atom. The average Bonchev–Trinajstić information content (AvgIpc) is 3.04. The number of hydrogen-bond acceptors (Lipinski definition) is 5. The van der Waals surface area contributed by atoms with Crippen molar-refractivity contribution in [3.8, 4) is 11.8 Å². The van der Waals surface area contributed by atoms with Crippen molar-refractivity contribution in [1.82, 2.24) is 14.8 Å². The van der Waals surface area contributed by atoms with Crippen LogP contribution >= 0.6 is 11.3 Å². The third-order valence-corrected chi connectivity index (χ3v) is 5.22. The number of nitrogens with zero attached hydrogens (tertiary/aromatic N) is 3.